The van der Waals surface area contributed by atoms with E-state index in [4.69, 9.17) is 28.9 Å². The average Bonchev–Trinajstić information content (AvgIpc) is 2.37. The summed E-state index contributed by atoms with van der Waals surface area (Å²) in [6.07, 6.45) is 0.530. The molecule has 1 nitrogen and oxygen atoms in total. The van der Waals surface area contributed by atoms with E-state index in [-0.39, 0.29) is 11.1 Å². The lowest BCUT2D eigenvalue weighted by atomic mass is 10.00. The Balaban J connectivity index is 2.17. The van der Waals surface area contributed by atoms with E-state index in [0.29, 0.717) is 11.4 Å². The minimum absolute atomic E-state index is 0.117. The molecule has 0 aromatic heterocycles. The molecule has 0 bridgehead atoms. The van der Waals surface area contributed by atoms with Gasteiger partial charge in [0.05, 0.1) is 10.0 Å². The second-order valence-corrected chi connectivity index (χ2v) is 5.90. The predicted molar refractivity (Wildman–Crippen MR) is 81.2 cm³/mol. The molecule has 2 aromatic carbocycles. The van der Waals surface area contributed by atoms with Gasteiger partial charge < -0.3 is 5.73 Å². The molecule has 0 radical (unpaired) electrons. The smallest absolute Gasteiger partial charge is 0.142 e. The SMILES string of the molecule is NC(Cc1ccc(Cl)c(F)c1)c1ccc(Cl)c(Br)c1. The van der Waals surface area contributed by atoms with Gasteiger partial charge in [-0.1, -0.05) is 35.3 Å². The Labute approximate surface area is 129 Å². The molecule has 5 heteroatoms. The summed E-state index contributed by atoms with van der Waals surface area (Å²) < 4.78 is 14.1. The van der Waals surface area contributed by atoms with Crippen LogP contribution >= 0.6 is 39.1 Å². The number of nitrogens with two attached hydrogens (primary N) is 1. The summed E-state index contributed by atoms with van der Waals surface area (Å²) in [5.74, 6) is -0.427. The van der Waals surface area contributed by atoms with Crippen LogP contribution < -0.4 is 5.73 Å². The fraction of sp³-hybridized carbons (Fsp3) is 0.143. The van der Waals surface area contributed by atoms with Gasteiger partial charge in [0.1, 0.15) is 5.82 Å². The Bertz CT molecular complexity index is 604. The van der Waals surface area contributed by atoms with Gasteiger partial charge in [0.2, 0.25) is 0 Å². The lowest BCUT2D eigenvalue weighted by Gasteiger charge is -2.13. The minimum atomic E-state index is -0.427. The van der Waals surface area contributed by atoms with Crippen LogP contribution in [0.25, 0.3) is 0 Å². The van der Waals surface area contributed by atoms with Crippen molar-refractivity contribution in [3.8, 4) is 0 Å². The van der Waals surface area contributed by atoms with Crippen LogP contribution in [-0.2, 0) is 6.42 Å². The first-order valence-corrected chi connectivity index (χ1v) is 7.16. The Morgan fingerprint density at radius 3 is 2.42 bits per heavy atom. The molecule has 19 heavy (non-hydrogen) atoms. The molecule has 1 unspecified atom stereocenters. The van der Waals surface area contributed by atoms with Crippen LogP contribution in [0.2, 0.25) is 10.0 Å². The van der Waals surface area contributed by atoms with E-state index < -0.39 is 5.82 Å². The summed E-state index contributed by atoms with van der Waals surface area (Å²) in [6, 6.07) is 10.0. The zero-order chi connectivity index (χ0) is 14.0. The predicted octanol–water partition coefficient (Wildman–Crippen LogP) is 5.14. The van der Waals surface area contributed by atoms with Crippen LogP contribution in [0, 0.1) is 5.82 Å². The first-order chi connectivity index (χ1) is 8.97. The number of benzene rings is 2. The van der Waals surface area contributed by atoms with Gasteiger partial charge >= 0.3 is 0 Å². The van der Waals surface area contributed by atoms with Crippen molar-refractivity contribution in [3.05, 3.63) is 67.9 Å². The third-order valence-corrected chi connectivity index (χ3v) is 4.33. The quantitative estimate of drug-likeness (QED) is 0.803. The molecular formula is C14H11BrCl2FN. The highest BCUT2D eigenvalue weighted by Crippen LogP contribution is 2.27. The topological polar surface area (TPSA) is 26.0 Å². The van der Waals surface area contributed by atoms with E-state index in [0.717, 1.165) is 15.6 Å². The summed E-state index contributed by atoms with van der Waals surface area (Å²) >= 11 is 14.9. The molecule has 0 aliphatic rings. The molecule has 2 rings (SSSR count). The van der Waals surface area contributed by atoms with Crippen LogP contribution in [0.5, 0.6) is 0 Å². The normalized spacial score (nSPS) is 12.5. The monoisotopic (exact) mass is 361 g/mol. The van der Waals surface area contributed by atoms with Gasteiger partial charge in [-0.25, -0.2) is 4.39 Å². The first kappa shape index (κ1) is 14.8. The van der Waals surface area contributed by atoms with Crippen LogP contribution in [0.1, 0.15) is 17.2 Å². The van der Waals surface area contributed by atoms with E-state index in [9.17, 15) is 4.39 Å². The third-order valence-electron chi connectivity index (χ3n) is 2.81. The van der Waals surface area contributed by atoms with E-state index in [1.54, 1.807) is 12.1 Å². The van der Waals surface area contributed by atoms with Crippen molar-refractivity contribution in [2.75, 3.05) is 0 Å². The van der Waals surface area contributed by atoms with Crippen molar-refractivity contribution >= 4 is 39.1 Å². The minimum Gasteiger partial charge on any atom is -0.324 e. The molecule has 0 fully saturated rings. The molecule has 0 saturated heterocycles. The Morgan fingerprint density at radius 1 is 1.11 bits per heavy atom. The number of rotatable bonds is 3. The molecule has 0 aliphatic heterocycles. The maximum atomic E-state index is 13.4. The van der Waals surface area contributed by atoms with Crippen LogP contribution in [-0.4, -0.2) is 0 Å². The van der Waals surface area contributed by atoms with Gasteiger partial charge in [0, 0.05) is 10.5 Å². The van der Waals surface area contributed by atoms with Gasteiger partial charge in [-0.2, -0.15) is 0 Å². The van der Waals surface area contributed by atoms with Crippen LogP contribution in [0.4, 0.5) is 4.39 Å². The maximum Gasteiger partial charge on any atom is 0.142 e. The lowest BCUT2D eigenvalue weighted by Crippen LogP contribution is -2.13. The molecule has 2 aromatic rings. The Hall–Kier alpha value is -0.610. The second kappa shape index (κ2) is 6.23. The first-order valence-electron chi connectivity index (χ1n) is 5.62. The highest BCUT2D eigenvalue weighted by Gasteiger charge is 2.10. The molecule has 2 N–H and O–H groups in total. The van der Waals surface area contributed by atoms with Crippen LogP contribution in [0.15, 0.2) is 40.9 Å². The summed E-state index contributed by atoms with van der Waals surface area (Å²) in [5.41, 5.74) is 7.86. The molecule has 0 spiro atoms. The molecule has 0 aliphatic carbocycles. The zero-order valence-electron chi connectivity index (χ0n) is 9.84. The van der Waals surface area contributed by atoms with Gasteiger partial charge in [-0.15, -0.1) is 0 Å². The van der Waals surface area contributed by atoms with Crippen molar-refractivity contribution in [2.24, 2.45) is 5.73 Å². The van der Waals surface area contributed by atoms with Gasteiger partial charge in [0.25, 0.3) is 0 Å². The summed E-state index contributed by atoms with van der Waals surface area (Å²) in [7, 11) is 0. The number of hydrogen-bond donors (Lipinski definition) is 1. The summed E-state index contributed by atoms with van der Waals surface area (Å²) in [5, 5.41) is 0.750. The highest BCUT2D eigenvalue weighted by molar-refractivity contribution is 9.10. The fourth-order valence-electron chi connectivity index (χ4n) is 1.78. The number of hydrogen-bond acceptors (Lipinski definition) is 1. The van der Waals surface area contributed by atoms with E-state index in [2.05, 4.69) is 15.9 Å². The molecule has 100 valence electrons. The zero-order valence-corrected chi connectivity index (χ0v) is 12.9. The Kier molecular flexibility index (Phi) is 4.85. The van der Waals surface area contributed by atoms with E-state index in [1.165, 1.54) is 12.1 Å². The van der Waals surface area contributed by atoms with Gasteiger partial charge in [-0.3, -0.25) is 0 Å². The highest BCUT2D eigenvalue weighted by atomic mass is 79.9. The second-order valence-electron chi connectivity index (χ2n) is 4.23. The largest absolute Gasteiger partial charge is 0.324 e. The molecule has 0 amide bonds. The van der Waals surface area contributed by atoms with Gasteiger partial charge in [-0.05, 0) is 57.7 Å². The van der Waals surface area contributed by atoms with E-state index >= 15 is 0 Å². The van der Waals surface area contributed by atoms with Gasteiger partial charge in [0.15, 0.2) is 0 Å². The van der Waals surface area contributed by atoms with Crippen molar-refractivity contribution in [1.82, 2.24) is 0 Å². The summed E-state index contributed by atoms with van der Waals surface area (Å²) in [6.45, 7) is 0. The molecule has 0 saturated carbocycles. The van der Waals surface area contributed by atoms with Crippen LogP contribution in [0.3, 0.4) is 0 Å². The maximum absolute atomic E-state index is 13.4. The standard InChI is InChI=1S/C14H11BrCl2FN/c15-10-7-9(2-4-11(10)16)14(19)6-8-1-3-12(17)13(18)5-8/h1-5,7,14H,6,19H2. The van der Waals surface area contributed by atoms with E-state index in [1.807, 2.05) is 12.1 Å². The lowest BCUT2D eigenvalue weighted by molar-refractivity contribution is 0.622. The summed E-state index contributed by atoms with van der Waals surface area (Å²) in [4.78, 5) is 0. The fourth-order valence-corrected chi connectivity index (χ4v) is 2.41. The number of halogens is 4. The third kappa shape index (κ3) is 3.69. The Morgan fingerprint density at radius 2 is 1.79 bits per heavy atom. The van der Waals surface area contributed by atoms with Crippen molar-refractivity contribution in [3.63, 3.8) is 0 Å². The van der Waals surface area contributed by atoms with Crippen molar-refractivity contribution in [1.29, 1.82) is 0 Å². The van der Waals surface area contributed by atoms with Crippen molar-refractivity contribution < 1.29 is 4.39 Å². The average molecular weight is 363 g/mol. The molecule has 0 heterocycles. The van der Waals surface area contributed by atoms with Crippen molar-refractivity contribution in [2.45, 2.75) is 12.5 Å². The molecular weight excluding hydrogens is 352 g/mol. The molecule has 1 atom stereocenters.